The largest absolute Gasteiger partial charge is 0.442 e. The molecule has 0 saturated heterocycles. The second-order valence-corrected chi connectivity index (χ2v) is 8.82. The Morgan fingerprint density at radius 1 is 1.10 bits per heavy atom. The number of hydrogen-bond donors (Lipinski definition) is 1. The lowest BCUT2D eigenvalue weighted by atomic mass is 9.82. The number of halogens is 3. The van der Waals surface area contributed by atoms with Crippen LogP contribution in [0.3, 0.4) is 0 Å². The zero-order chi connectivity index (χ0) is 22.4. The normalized spacial score (nSPS) is 13.6. The van der Waals surface area contributed by atoms with E-state index in [4.69, 9.17) is 9.39 Å². The van der Waals surface area contributed by atoms with E-state index in [1.54, 1.807) is 48.5 Å². The van der Waals surface area contributed by atoms with Gasteiger partial charge >= 0.3 is 19.8 Å². The Bertz CT molecular complexity index is 909. The first-order chi connectivity index (χ1) is 12.9. The smallest absolute Gasteiger partial charge is 0.435 e. The highest BCUT2D eigenvalue weighted by Gasteiger charge is 2.39. The van der Waals surface area contributed by atoms with E-state index in [0.717, 1.165) is 0 Å². The van der Waals surface area contributed by atoms with Crippen LogP contribution in [0.5, 0.6) is 0 Å². The topological polar surface area (TPSA) is 73.6 Å². The number of nitrogens with zero attached hydrogens (tertiary/aromatic N) is 2. The Morgan fingerprint density at radius 3 is 2.17 bits per heavy atom. The number of rotatable bonds is 4. The molecule has 1 aromatic heterocycles. The van der Waals surface area contributed by atoms with Gasteiger partial charge in [-0.1, -0.05) is 17.6 Å². The van der Waals surface area contributed by atoms with Gasteiger partial charge in [-0.25, -0.2) is 4.79 Å². The average molecular weight is 413 g/mol. The molecule has 0 spiro atoms. The molecule has 1 radical (unpaired) electrons. The van der Waals surface area contributed by atoms with Crippen molar-refractivity contribution in [2.75, 3.05) is 0 Å². The van der Waals surface area contributed by atoms with Crippen molar-refractivity contribution in [3.05, 3.63) is 23.9 Å². The first-order valence-corrected chi connectivity index (χ1v) is 8.99. The Kier molecular flexibility index (Phi) is 5.86. The molecule has 0 bridgehead atoms. The van der Waals surface area contributed by atoms with Crippen molar-refractivity contribution in [3.63, 3.8) is 0 Å². The van der Waals surface area contributed by atoms with E-state index in [0.29, 0.717) is 10.1 Å². The number of fused-ring (bicyclic) bond motifs is 1. The first kappa shape index (κ1) is 23.2. The summed E-state index contributed by atoms with van der Waals surface area (Å²) in [4.78, 5) is 12.3. The van der Waals surface area contributed by atoms with E-state index in [-0.39, 0.29) is 10.9 Å². The standard InChI is InChI=1S/C19H25BF3N2O4/c1-16(2,3)28-15(26)25-13-9-8-11(20-29-18(6,7)17(4,5)27)10-12(13)14(24-25)19(21,22)23/h8-10,27H,1-7H3. The lowest BCUT2D eigenvalue weighted by molar-refractivity contribution is -0.140. The third kappa shape index (κ3) is 5.30. The zero-order valence-corrected chi connectivity index (χ0v) is 17.5. The molecule has 2 aromatic rings. The minimum atomic E-state index is -4.77. The Balaban J connectivity index is 2.46. The van der Waals surface area contributed by atoms with Gasteiger partial charge in [-0.05, 0) is 54.5 Å². The van der Waals surface area contributed by atoms with Gasteiger partial charge in [0.25, 0.3) is 0 Å². The Labute approximate surface area is 168 Å². The molecule has 6 nitrogen and oxygen atoms in total. The molecule has 0 aliphatic carbocycles. The fourth-order valence-corrected chi connectivity index (χ4v) is 2.22. The van der Waals surface area contributed by atoms with E-state index in [1.165, 1.54) is 25.7 Å². The maximum absolute atomic E-state index is 13.5. The molecule has 1 N–H and O–H groups in total. The molecule has 0 amide bonds. The fraction of sp³-hybridized carbons (Fsp3) is 0.579. The third-order valence-corrected chi connectivity index (χ3v) is 4.50. The number of aliphatic hydroxyl groups is 1. The quantitative estimate of drug-likeness (QED) is 0.775. The summed E-state index contributed by atoms with van der Waals surface area (Å²) in [5.74, 6) is 0. The first-order valence-electron chi connectivity index (χ1n) is 8.99. The van der Waals surface area contributed by atoms with Crippen LogP contribution in [0.1, 0.15) is 54.2 Å². The zero-order valence-electron chi connectivity index (χ0n) is 17.5. The van der Waals surface area contributed by atoms with Crippen molar-refractivity contribution in [3.8, 4) is 0 Å². The van der Waals surface area contributed by atoms with Gasteiger partial charge < -0.3 is 14.5 Å². The van der Waals surface area contributed by atoms with Gasteiger partial charge in [-0.15, -0.1) is 0 Å². The van der Waals surface area contributed by atoms with E-state index in [1.807, 2.05) is 0 Å². The highest BCUT2D eigenvalue weighted by atomic mass is 19.4. The summed E-state index contributed by atoms with van der Waals surface area (Å²) < 4.78 is 51.8. The van der Waals surface area contributed by atoms with Crippen LogP contribution in [-0.2, 0) is 15.6 Å². The molecule has 159 valence electrons. The van der Waals surface area contributed by atoms with Crippen LogP contribution in [0.2, 0.25) is 0 Å². The molecular formula is C19H25BF3N2O4. The molecule has 2 rings (SSSR count). The van der Waals surface area contributed by atoms with E-state index in [2.05, 4.69) is 5.10 Å². The molecule has 0 aliphatic heterocycles. The van der Waals surface area contributed by atoms with Crippen LogP contribution in [0.15, 0.2) is 18.2 Å². The molecule has 10 heteroatoms. The van der Waals surface area contributed by atoms with Crippen LogP contribution in [0.25, 0.3) is 10.9 Å². The molecule has 0 atom stereocenters. The van der Waals surface area contributed by atoms with Gasteiger partial charge in [0.2, 0.25) is 0 Å². The van der Waals surface area contributed by atoms with Crippen LogP contribution >= 0.6 is 0 Å². The molecule has 0 unspecified atom stereocenters. The summed E-state index contributed by atoms with van der Waals surface area (Å²) in [5, 5.41) is 13.3. The predicted molar refractivity (Wildman–Crippen MR) is 103 cm³/mol. The fourth-order valence-electron chi connectivity index (χ4n) is 2.22. The second kappa shape index (κ2) is 7.32. The van der Waals surface area contributed by atoms with Crippen LogP contribution in [-0.4, -0.2) is 45.3 Å². The number of carbonyl (C=O) groups is 1. The number of alkyl halides is 3. The number of benzene rings is 1. The number of ether oxygens (including phenoxy) is 1. The summed E-state index contributed by atoms with van der Waals surface area (Å²) >= 11 is 0. The van der Waals surface area contributed by atoms with Gasteiger partial charge in [0, 0.05) is 5.39 Å². The summed E-state index contributed by atoms with van der Waals surface area (Å²) in [6.07, 6.45) is -5.77. The van der Waals surface area contributed by atoms with Crippen LogP contribution in [0.4, 0.5) is 18.0 Å². The number of aromatic nitrogens is 2. The molecule has 0 saturated carbocycles. The average Bonchev–Trinajstić information content (AvgIpc) is 2.89. The van der Waals surface area contributed by atoms with Crippen molar-refractivity contribution in [2.24, 2.45) is 0 Å². The maximum atomic E-state index is 13.5. The number of carbonyl (C=O) groups excluding carboxylic acids is 1. The SMILES string of the molecule is CC(C)(C)OC(=O)n1nc(C(F)(F)F)c2cc([B]OC(C)(C)C(C)(C)O)ccc21. The highest BCUT2D eigenvalue weighted by Crippen LogP contribution is 2.34. The van der Waals surface area contributed by atoms with E-state index in [9.17, 15) is 23.1 Å². The molecule has 0 fully saturated rings. The minimum absolute atomic E-state index is 0.0366. The lowest BCUT2D eigenvalue weighted by Gasteiger charge is -2.37. The second-order valence-electron chi connectivity index (χ2n) is 8.82. The Hall–Kier alpha value is -2.07. The minimum Gasteiger partial charge on any atom is -0.442 e. The summed E-state index contributed by atoms with van der Waals surface area (Å²) in [5.41, 5.74) is -3.98. The lowest BCUT2D eigenvalue weighted by Crippen LogP contribution is -2.49. The van der Waals surface area contributed by atoms with Gasteiger partial charge in [-0.3, -0.25) is 0 Å². The van der Waals surface area contributed by atoms with Crippen molar-refractivity contribution in [1.82, 2.24) is 9.78 Å². The van der Waals surface area contributed by atoms with Crippen LogP contribution in [0, 0.1) is 0 Å². The molecule has 29 heavy (non-hydrogen) atoms. The van der Waals surface area contributed by atoms with E-state index < -0.39 is 34.8 Å². The van der Waals surface area contributed by atoms with Crippen molar-refractivity contribution in [2.45, 2.75) is 71.4 Å². The Morgan fingerprint density at radius 2 is 1.69 bits per heavy atom. The van der Waals surface area contributed by atoms with Gasteiger partial charge in [-0.2, -0.15) is 23.0 Å². The summed E-state index contributed by atoms with van der Waals surface area (Å²) in [6.45, 7) is 11.3. The molecule has 1 heterocycles. The monoisotopic (exact) mass is 413 g/mol. The van der Waals surface area contributed by atoms with Crippen molar-refractivity contribution < 1.29 is 32.5 Å². The van der Waals surface area contributed by atoms with Gasteiger partial charge in [0.1, 0.15) is 5.60 Å². The number of hydrogen-bond acceptors (Lipinski definition) is 5. The van der Waals surface area contributed by atoms with E-state index >= 15 is 0 Å². The predicted octanol–water partition coefficient (Wildman–Crippen LogP) is 3.65. The summed E-state index contributed by atoms with van der Waals surface area (Å²) in [6, 6.07) is 4.06. The highest BCUT2D eigenvalue weighted by molar-refractivity contribution is 6.47. The maximum Gasteiger partial charge on any atom is 0.435 e. The third-order valence-electron chi connectivity index (χ3n) is 4.50. The molecular weight excluding hydrogens is 388 g/mol. The van der Waals surface area contributed by atoms with Crippen LogP contribution < -0.4 is 5.46 Å². The van der Waals surface area contributed by atoms with Crippen molar-refractivity contribution in [1.29, 1.82) is 0 Å². The summed E-state index contributed by atoms with van der Waals surface area (Å²) in [7, 11) is 1.27. The van der Waals surface area contributed by atoms with Crippen molar-refractivity contribution >= 4 is 29.9 Å². The molecule has 0 aliphatic rings. The van der Waals surface area contributed by atoms with Gasteiger partial charge in [0.05, 0.1) is 16.7 Å². The van der Waals surface area contributed by atoms with Gasteiger partial charge in [0.15, 0.2) is 5.69 Å². The molecule has 1 aromatic carbocycles.